The maximum Gasteiger partial charge on any atom is 0.302 e. The zero-order valence-electron chi connectivity index (χ0n) is 26.0. The number of Topliss-reactive ketones (excluding diaryl/α,β-unsaturated/α-hetero) is 1. The number of methoxy groups -OCH3 is 2. The summed E-state index contributed by atoms with van der Waals surface area (Å²) in [5.74, 6) is 2.59. The molecule has 230 valence electrons. The van der Waals surface area contributed by atoms with Crippen LogP contribution in [-0.4, -0.2) is 43.0 Å². The van der Waals surface area contributed by atoms with Gasteiger partial charge in [0.2, 0.25) is 5.78 Å². The molecule has 0 bridgehead atoms. The topological polar surface area (TPSA) is 99.1 Å². The van der Waals surface area contributed by atoms with Crippen molar-refractivity contribution < 1.29 is 33.7 Å². The van der Waals surface area contributed by atoms with E-state index >= 15 is 0 Å². The Morgan fingerprint density at radius 2 is 1.63 bits per heavy atom. The number of rotatable bonds is 5. The smallest absolute Gasteiger partial charge is 0.302 e. The summed E-state index contributed by atoms with van der Waals surface area (Å²) in [6.07, 6.45) is 10.8. The number of hydrogen-bond donors (Lipinski definition) is 1. The van der Waals surface area contributed by atoms with Gasteiger partial charge >= 0.3 is 5.97 Å². The number of aromatic hydroxyl groups is 1. The van der Waals surface area contributed by atoms with Crippen molar-refractivity contribution >= 4 is 17.5 Å². The Bertz CT molecular complexity index is 1410. The lowest BCUT2D eigenvalue weighted by Crippen LogP contribution is -2.50. The largest absolute Gasteiger partial charge is 0.507 e. The fourth-order valence-electron chi connectivity index (χ4n) is 8.55. The van der Waals surface area contributed by atoms with Crippen LogP contribution in [0.15, 0.2) is 54.1 Å². The third kappa shape index (κ3) is 5.71. The standard InChI is InChI=1S/C21H30O3.C15H14O4/c1-13(22)24-15-8-10-20(2)14(12-15)4-5-16-17-6-7-19(23)21(17,3)11-9-18(16)20;1-18-11-8-12(16)14(13(9-11)19-2)15(17)10-6-4-3-5-7-10/h4,15-18H,5-12H2,1-3H3;3-9,16H,1-2H3. The molecule has 7 heteroatoms. The van der Waals surface area contributed by atoms with Crippen molar-refractivity contribution in [3.63, 3.8) is 0 Å². The van der Waals surface area contributed by atoms with Crippen molar-refractivity contribution in [2.24, 2.45) is 28.6 Å². The molecule has 4 aliphatic carbocycles. The van der Waals surface area contributed by atoms with Crippen molar-refractivity contribution in [2.75, 3.05) is 14.2 Å². The fourth-order valence-corrected chi connectivity index (χ4v) is 8.55. The summed E-state index contributed by atoms with van der Waals surface area (Å²) in [5.41, 5.74) is 2.36. The molecule has 0 spiro atoms. The number of esters is 1. The van der Waals surface area contributed by atoms with Crippen LogP contribution in [0.3, 0.4) is 0 Å². The number of ketones is 2. The lowest BCUT2D eigenvalue weighted by Gasteiger charge is -2.56. The normalized spacial score (nSPS) is 30.8. The maximum atomic E-state index is 12.4. The summed E-state index contributed by atoms with van der Waals surface area (Å²) in [7, 11) is 2.92. The maximum absolute atomic E-state index is 12.4. The van der Waals surface area contributed by atoms with Gasteiger partial charge in [-0.3, -0.25) is 14.4 Å². The molecule has 1 N–H and O–H groups in total. The molecule has 6 unspecified atom stereocenters. The molecule has 0 radical (unpaired) electrons. The zero-order valence-corrected chi connectivity index (χ0v) is 26.0. The van der Waals surface area contributed by atoms with E-state index in [0.29, 0.717) is 34.8 Å². The summed E-state index contributed by atoms with van der Waals surface area (Å²) >= 11 is 0. The molecule has 0 heterocycles. The van der Waals surface area contributed by atoms with Crippen LogP contribution in [0, 0.1) is 28.6 Å². The van der Waals surface area contributed by atoms with Gasteiger partial charge in [0.25, 0.3) is 0 Å². The van der Waals surface area contributed by atoms with E-state index in [9.17, 15) is 19.5 Å². The molecule has 0 saturated heterocycles. The van der Waals surface area contributed by atoms with E-state index in [4.69, 9.17) is 14.2 Å². The van der Waals surface area contributed by atoms with Crippen LogP contribution in [0.5, 0.6) is 17.2 Å². The van der Waals surface area contributed by atoms with Crippen LogP contribution in [0.1, 0.15) is 88.1 Å². The first-order chi connectivity index (χ1) is 20.5. The number of carbonyl (C=O) groups excluding carboxylic acids is 3. The van der Waals surface area contributed by atoms with Gasteiger partial charge in [-0.15, -0.1) is 0 Å². The van der Waals surface area contributed by atoms with Crippen molar-refractivity contribution in [1.82, 2.24) is 0 Å². The van der Waals surface area contributed by atoms with Gasteiger partial charge in [0.1, 0.15) is 34.7 Å². The Balaban J connectivity index is 0.000000177. The van der Waals surface area contributed by atoms with E-state index in [1.807, 2.05) is 6.07 Å². The number of allylic oxidation sites excluding steroid dienone is 1. The molecule has 0 aromatic heterocycles. The van der Waals surface area contributed by atoms with Gasteiger partial charge in [-0.2, -0.15) is 0 Å². The van der Waals surface area contributed by atoms with Gasteiger partial charge in [-0.05, 0) is 61.7 Å². The van der Waals surface area contributed by atoms with Crippen LogP contribution >= 0.6 is 0 Å². The predicted octanol–water partition coefficient (Wildman–Crippen LogP) is 7.09. The molecule has 2 aromatic carbocycles. The Labute approximate surface area is 254 Å². The minimum atomic E-state index is -0.294. The first-order valence-corrected chi connectivity index (χ1v) is 15.5. The number of carbonyl (C=O) groups is 3. The third-order valence-corrected chi connectivity index (χ3v) is 10.9. The van der Waals surface area contributed by atoms with E-state index in [1.54, 1.807) is 30.3 Å². The molecule has 3 fully saturated rings. The Morgan fingerprint density at radius 1 is 0.930 bits per heavy atom. The Morgan fingerprint density at radius 3 is 2.30 bits per heavy atom. The van der Waals surface area contributed by atoms with Crippen molar-refractivity contribution in [3.05, 3.63) is 65.2 Å². The second-order valence-corrected chi connectivity index (χ2v) is 13.1. The van der Waals surface area contributed by atoms with Crippen LogP contribution in [0.25, 0.3) is 0 Å². The van der Waals surface area contributed by atoms with Crippen molar-refractivity contribution in [1.29, 1.82) is 0 Å². The van der Waals surface area contributed by atoms with Crippen LogP contribution in [-0.2, 0) is 14.3 Å². The zero-order chi connectivity index (χ0) is 30.9. The average Bonchev–Trinajstić information content (AvgIpc) is 3.31. The highest BCUT2D eigenvalue weighted by molar-refractivity contribution is 6.12. The summed E-state index contributed by atoms with van der Waals surface area (Å²) in [6, 6.07) is 11.7. The van der Waals surface area contributed by atoms with Gasteiger partial charge in [-0.25, -0.2) is 0 Å². The number of phenolic OH excluding ortho intramolecular Hbond substituents is 1. The molecule has 0 amide bonds. The summed E-state index contributed by atoms with van der Waals surface area (Å²) in [5, 5.41) is 9.99. The van der Waals surface area contributed by atoms with Crippen LogP contribution in [0.2, 0.25) is 0 Å². The number of phenols is 1. The quantitative estimate of drug-likeness (QED) is 0.226. The summed E-state index contributed by atoms with van der Waals surface area (Å²) in [4.78, 5) is 36.1. The highest BCUT2D eigenvalue weighted by Crippen LogP contribution is 2.64. The molecule has 3 saturated carbocycles. The first-order valence-electron chi connectivity index (χ1n) is 15.5. The van der Waals surface area contributed by atoms with E-state index in [0.717, 1.165) is 44.9 Å². The van der Waals surface area contributed by atoms with Gasteiger partial charge in [0, 0.05) is 42.9 Å². The number of hydrogen-bond acceptors (Lipinski definition) is 7. The SMILES string of the molecule is CC(=O)OC1CCC2(C)C(=CCC3C4CCC(=O)C4(C)CCC32)C1.COc1cc(O)c(C(=O)c2ccccc2)c(OC)c1. The summed E-state index contributed by atoms with van der Waals surface area (Å²) in [6.45, 7) is 6.19. The molecule has 6 rings (SSSR count). The molecule has 4 aliphatic rings. The van der Waals surface area contributed by atoms with Gasteiger partial charge < -0.3 is 19.3 Å². The van der Waals surface area contributed by atoms with Gasteiger partial charge in [-0.1, -0.05) is 55.8 Å². The molecule has 0 aliphatic heterocycles. The molecule has 7 nitrogen and oxygen atoms in total. The number of ether oxygens (including phenoxy) is 3. The monoisotopic (exact) mass is 588 g/mol. The van der Waals surface area contributed by atoms with Crippen LogP contribution < -0.4 is 9.47 Å². The summed E-state index contributed by atoms with van der Waals surface area (Å²) < 4.78 is 15.7. The van der Waals surface area contributed by atoms with Crippen LogP contribution in [0.4, 0.5) is 0 Å². The van der Waals surface area contributed by atoms with Gasteiger partial charge in [0.15, 0.2) is 0 Å². The van der Waals surface area contributed by atoms with E-state index in [1.165, 1.54) is 39.2 Å². The second-order valence-electron chi connectivity index (χ2n) is 13.1. The van der Waals surface area contributed by atoms with Crippen molar-refractivity contribution in [2.45, 2.75) is 78.2 Å². The van der Waals surface area contributed by atoms with E-state index in [2.05, 4.69) is 19.9 Å². The lowest BCUT2D eigenvalue weighted by molar-refractivity contribution is -0.148. The Hall–Kier alpha value is -3.61. The van der Waals surface area contributed by atoms with E-state index < -0.39 is 0 Å². The first kappa shape index (κ1) is 30.8. The second kappa shape index (κ2) is 12.2. The Kier molecular flexibility index (Phi) is 8.73. The average molecular weight is 589 g/mol. The predicted molar refractivity (Wildman–Crippen MR) is 163 cm³/mol. The molecular weight excluding hydrogens is 544 g/mol. The van der Waals surface area contributed by atoms with E-state index in [-0.39, 0.29) is 45.7 Å². The highest BCUT2D eigenvalue weighted by Gasteiger charge is 2.58. The molecular formula is C36H44O7. The molecule has 6 atom stereocenters. The third-order valence-electron chi connectivity index (χ3n) is 10.9. The minimum absolute atomic E-state index is 0.0438. The highest BCUT2D eigenvalue weighted by atomic mass is 16.5. The number of fused-ring (bicyclic) bond motifs is 5. The minimum Gasteiger partial charge on any atom is -0.507 e. The van der Waals surface area contributed by atoms with Crippen molar-refractivity contribution in [3.8, 4) is 17.2 Å². The van der Waals surface area contributed by atoms with Gasteiger partial charge in [0.05, 0.1) is 14.2 Å². The fraction of sp³-hybridized carbons (Fsp3) is 0.528. The number of benzene rings is 2. The lowest BCUT2D eigenvalue weighted by atomic mass is 9.48. The molecule has 2 aromatic rings. The molecule has 43 heavy (non-hydrogen) atoms.